The molecule has 2 rings (SSSR count). The highest BCUT2D eigenvalue weighted by molar-refractivity contribution is 5.31. The van der Waals surface area contributed by atoms with Gasteiger partial charge in [-0.15, -0.1) is 0 Å². The number of rotatable bonds is 3. The van der Waals surface area contributed by atoms with Crippen molar-refractivity contribution in [1.29, 1.82) is 0 Å². The Hall–Kier alpha value is -1.13. The Morgan fingerprint density at radius 2 is 2.35 bits per heavy atom. The zero-order chi connectivity index (χ0) is 12.3. The van der Waals surface area contributed by atoms with Gasteiger partial charge in [0.1, 0.15) is 0 Å². The second kappa shape index (κ2) is 5.47. The Morgan fingerprint density at radius 3 is 3.00 bits per heavy atom. The van der Waals surface area contributed by atoms with E-state index in [1.807, 2.05) is 6.07 Å². The second-order valence-electron chi connectivity index (χ2n) is 4.32. The first-order valence-electron chi connectivity index (χ1n) is 5.91. The first-order chi connectivity index (χ1) is 8.26. The summed E-state index contributed by atoms with van der Waals surface area (Å²) in [6.45, 7) is 1.28. The summed E-state index contributed by atoms with van der Waals surface area (Å²) < 4.78 is 24.2. The van der Waals surface area contributed by atoms with E-state index >= 15 is 0 Å². The lowest BCUT2D eigenvalue weighted by atomic mass is 9.89. The maximum Gasteiger partial charge on any atom is 0.165 e. The molecule has 0 amide bonds. The minimum absolute atomic E-state index is 0.0887. The van der Waals surface area contributed by atoms with E-state index in [4.69, 9.17) is 15.2 Å². The molecular weight excluding hydrogens is 221 g/mol. The summed E-state index contributed by atoms with van der Waals surface area (Å²) in [5.74, 6) is 0.181. The van der Waals surface area contributed by atoms with Crippen molar-refractivity contribution < 1.29 is 13.9 Å². The average molecular weight is 239 g/mol. The van der Waals surface area contributed by atoms with Crippen LogP contribution in [0.4, 0.5) is 4.39 Å². The lowest BCUT2D eigenvalue weighted by Gasteiger charge is -2.31. The van der Waals surface area contributed by atoms with E-state index in [1.54, 1.807) is 6.07 Å². The van der Waals surface area contributed by atoms with Crippen LogP contribution in [0.3, 0.4) is 0 Å². The number of methoxy groups -OCH3 is 1. The molecule has 4 heteroatoms. The van der Waals surface area contributed by atoms with Crippen LogP contribution in [-0.4, -0.2) is 20.3 Å². The Labute approximate surface area is 101 Å². The van der Waals surface area contributed by atoms with Crippen molar-refractivity contribution in [2.45, 2.75) is 18.9 Å². The molecule has 0 aliphatic carbocycles. The molecule has 1 aliphatic rings. The van der Waals surface area contributed by atoms with Crippen LogP contribution in [0.25, 0.3) is 0 Å². The van der Waals surface area contributed by atoms with Gasteiger partial charge in [-0.1, -0.05) is 6.07 Å². The van der Waals surface area contributed by atoms with Gasteiger partial charge >= 0.3 is 0 Å². The van der Waals surface area contributed by atoms with E-state index in [0.29, 0.717) is 6.54 Å². The van der Waals surface area contributed by atoms with Crippen molar-refractivity contribution in [3.8, 4) is 5.75 Å². The van der Waals surface area contributed by atoms with Crippen molar-refractivity contribution >= 4 is 0 Å². The zero-order valence-corrected chi connectivity index (χ0v) is 9.99. The summed E-state index contributed by atoms with van der Waals surface area (Å²) in [5.41, 5.74) is 6.57. The lowest BCUT2D eigenvalue weighted by Crippen LogP contribution is -2.28. The topological polar surface area (TPSA) is 44.5 Å². The van der Waals surface area contributed by atoms with E-state index in [0.717, 1.165) is 25.0 Å². The molecule has 2 N–H and O–H groups in total. The van der Waals surface area contributed by atoms with Crippen molar-refractivity contribution in [1.82, 2.24) is 0 Å². The normalized spacial score (nSPS) is 24.6. The summed E-state index contributed by atoms with van der Waals surface area (Å²) in [5, 5.41) is 0. The van der Waals surface area contributed by atoms with Crippen LogP contribution in [-0.2, 0) is 4.74 Å². The van der Waals surface area contributed by atoms with Gasteiger partial charge in [0, 0.05) is 12.5 Å². The average Bonchev–Trinajstić information content (AvgIpc) is 2.38. The van der Waals surface area contributed by atoms with Gasteiger partial charge in [-0.3, -0.25) is 0 Å². The fourth-order valence-electron chi connectivity index (χ4n) is 2.31. The highest BCUT2D eigenvalue weighted by Gasteiger charge is 2.26. The first-order valence-corrected chi connectivity index (χ1v) is 5.91. The van der Waals surface area contributed by atoms with Crippen molar-refractivity contribution in [2.24, 2.45) is 11.7 Å². The highest BCUT2D eigenvalue weighted by Crippen LogP contribution is 2.34. The molecule has 1 heterocycles. The van der Waals surface area contributed by atoms with Crippen LogP contribution in [0.2, 0.25) is 0 Å². The largest absolute Gasteiger partial charge is 0.494 e. The molecule has 2 unspecified atom stereocenters. The molecule has 94 valence electrons. The Balaban J connectivity index is 2.23. The number of ether oxygens (including phenoxy) is 2. The van der Waals surface area contributed by atoms with Gasteiger partial charge in [-0.2, -0.15) is 0 Å². The van der Waals surface area contributed by atoms with Crippen LogP contribution in [0, 0.1) is 11.7 Å². The molecule has 0 aromatic heterocycles. The van der Waals surface area contributed by atoms with Crippen LogP contribution in [0.15, 0.2) is 18.2 Å². The molecule has 3 nitrogen and oxygen atoms in total. The standard InChI is InChI=1S/C13H18FNO2/c1-16-12-5-4-9(7-11(12)14)13-10(8-15)3-2-6-17-13/h4-5,7,10,13H,2-3,6,8,15H2,1H3. The number of hydrogen-bond acceptors (Lipinski definition) is 3. The molecule has 1 saturated heterocycles. The third-order valence-electron chi connectivity index (χ3n) is 3.25. The first kappa shape index (κ1) is 12.3. The Kier molecular flexibility index (Phi) is 3.97. The number of halogens is 1. The summed E-state index contributed by atoms with van der Waals surface area (Å²) in [6, 6.07) is 4.97. The van der Waals surface area contributed by atoms with E-state index < -0.39 is 0 Å². The van der Waals surface area contributed by atoms with E-state index in [-0.39, 0.29) is 23.6 Å². The molecule has 1 fully saturated rings. The number of hydrogen-bond donors (Lipinski definition) is 1. The van der Waals surface area contributed by atoms with Gasteiger partial charge in [0.2, 0.25) is 0 Å². The summed E-state index contributed by atoms with van der Waals surface area (Å²) in [7, 11) is 1.46. The van der Waals surface area contributed by atoms with Crippen LogP contribution in [0.5, 0.6) is 5.75 Å². The van der Waals surface area contributed by atoms with Crippen LogP contribution >= 0.6 is 0 Å². The molecule has 2 atom stereocenters. The quantitative estimate of drug-likeness (QED) is 0.880. The molecule has 0 bridgehead atoms. The fraction of sp³-hybridized carbons (Fsp3) is 0.538. The van der Waals surface area contributed by atoms with Gasteiger partial charge in [-0.05, 0) is 37.1 Å². The molecule has 0 radical (unpaired) electrons. The molecule has 1 aliphatic heterocycles. The molecule has 0 spiro atoms. The fourth-order valence-corrected chi connectivity index (χ4v) is 2.31. The maximum absolute atomic E-state index is 13.6. The van der Waals surface area contributed by atoms with E-state index in [1.165, 1.54) is 13.2 Å². The van der Waals surface area contributed by atoms with Gasteiger partial charge in [0.25, 0.3) is 0 Å². The molecular formula is C13H18FNO2. The Morgan fingerprint density at radius 1 is 1.53 bits per heavy atom. The Bertz CT molecular complexity index is 384. The van der Waals surface area contributed by atoms with Gasteiger partial charge in [-0.25, -0.2) is 4.39 Å². The maximum atomic E-state index is 13.6. The minimum Gasteiger partial charge on any atom is -0.494 e. The van der Waals surface area contributed by atoms with Crippen LogP contribution < -0.4 is 10.5 Å². The smallest absolute Gasteiger partial charge is 0.165 e. The summed E-state index contributed by atoms with van der Waals surface area (Å²) in [4.78, 5) is 0. The van der Waals surface area contributed by atoms with Gasteiger partial charge < -0.3 is 15.2 Å². The number of benzene rings is 1. The predicted molar refractivity (Wildman–Crippen MR) is 63.4 cm³/mol. The minimum atomic E-state index is -0.352. The molecule has 17 heavy (non-hydrogen) atoms. The molecule has 1 aromatic rings. The monoisotopic (exact) mass is 239 g/mol. The third-order valence-corrected chi connectivity index (χ3v) is 3.25. The van der Waals surface area contributed by atoms with Crippen LogP contribution in [0.1, 0.15) is 24.5 Å². The molecule has 0 saturated carbocycles. The van der Waals surface area contributed by atoms with Crippen molar-refractivity contribution in [3.05, 3.63) is 29.6 Å². The summed E-state index contributed by atoms with van der Waals surface area (Å²) in [6.07, 6.45) is 1.97. The zero-order valence-electron chi connectivity index (χ0n) is 9.99. The predicted octanol–water partition coefficient (Wildman–Crippen LogP) is 2.26. The summed E-state index contributed by atoms with van der Waals surface area (Å²) >= 11 is 0. The van der Waals surface area contributed by atoms with Gasteiger partial charge in [0.15, 0.2) is 11.6 Å². The highest BCUT2D eigenvalue weighted by atomic mass is 19.1. The van der Waals surface area contributed by atoms with Crippen molar-refractivity contribution in [2.75, 3.05) is 20.3 Å². The van der Waals surface area contributed by atoms with E-state index in [9.17, 15) is 4.39 Å². The SMILES string of the molecule is COc1ccc(C2OCCCC2CN)cc1F. The van der Waals surface area contributed by atoms with Crippen molar-refractivity contribution in [3.63, 3.8) is 0 Å². The number of nitrogens with two attached hydrogens (primary N) is 1. The molecule has 1 aromatic carbocycles. The lowest BCUT2D eigenvalue weighted by molar-refractivity contribution is -0.0253. The van der Waals surface area contributed by atoms with Gasteiger partial charge in [0.05, 0.1) is 13.2 Å². The second-order valence-corrected chi connectivity index (χ2v) is 4.32. The van der Waals surface area contributed by atoms with E-state index in [2.05, 4.69) is 0 Å². The third kappa shape index (κ3) is 2.58.